The number of rotatable bonds is 3. The van der Waals surface area contributed by atoms with Gasteiger partial charge in [-0.25, -0.2) is 4.79 Å². The highest BCUT2D eigenvalue weighted by Crippen LogP contribution is 2.21. The van der Waals surface area contributed by atoms with Gasteiger partial charge >= 0.3 is 6.09 Å². The molecule has 7 nitrogen and oxygen atoms in total. The van der Waals surface area contributed by atoms with Gasteiger partial charge in [0.05, 0.1) is 11.9 Å². The van der Waals surface area contributed by atoms with Crippen LogP contribution in [0.4, 0.5) is 10.5 Å². The van der Waals surface area contributed by atoms with Crippen LogP contribution >= 0.6 is 0 Å². The van der Waals surface area contributed by atoms with E-state index in [0.717, 1.165) is 19.4 Å². The fourth-order valence-electron chi connectivity index (χ4n) is 2.57. The molecular formula is C16H26N4O3. The van der Waals surface area contributed by atoms with Crippen LogP contribution in [0.2, 0.25) is 0 Å². The molecule has 1 aliphatic heterocycles. The van der Waals surface area contributed by atoms with Gasteiger partial charge in [0.1, 0.15) is 11.6 Å². The Bertz CT molecular complexity index is 562. The van der Waals surface area contributed by atoms with Gasteiger partial charge in [-0.3, -0.25) is 14.4 Å². The monoisotopic (exact) mass is 322 g/mol. The minimum atomic E-state index is -0.572. The summed E-state index contributed by atoms with van der Waals surface area (Å²) in [6.45, 7) is 8.73. The quantitative estimate of drug-likeness (QED) is 0.928. The number of likely N-dealkylation sites (tertiary alicyclic amines) is 1. The number of hydrogen-bond acceptors (Lipinski definition) is 4. The third-order valence-electron chi connectivity index (χ3n) is 3.66. The number of anilines is 1. The molecule has 1 aromatic rings. The molecule has 23 heavy (non-hydrogen) atoms. The average molecular weight is 322 g/mol. The summed E-state index contributed by atoms with van der Waals surface area (Å²) < 4.78 is 7.16. The summed E-state index contributed by atoms with van der Waals surface area (Å²) in [5.74, 6) is -0.189. The predicted octanol–water partition coefficient (Wildman–Crippen LogP) is 2.63. The number of aromatic nitrogens is 2. The molecule has 0 unspecified atom stereocenters. The van der Waals surface area contributed by atoms with Gasteiger partial charge in [0.25, 0.3) is 0 Å². The second-order valence-corrected chi connectivity index (χ2v) is 6.76. The molecule has 1 fully saturated rings. The summed E-state index contributed by atoms with van der Waals surface area (Å²) in [6, 6.07) is -0.497. The summed E-state index contributed by atoms with van der Waals surface area (Å²) in [6.07, 6.45) is 5.41. The maximum absolute atomic E-state index is 12.5. The Hall–Kier alpha value is -2.05. The minimum absolute atomic E-state index is 0.189. The number of piperidine rings is 1. The van der Waals surface area contributed by atoms with Gasteiger partial charge in [0.2, 0.25) is 5.91 Å². The average Bonchev–Trinajstić information content (AvgIpc) is 2.93. The third-order valence-corrected chi connectivity index (χ3v) is 3.66. The van der Waals surface area contributed by atoms with Crippen LogP contribution in [0.25, 0.3) is 0 Å². The van der Waals surface area contributed by atoms with E-state index in [2.05, 4.69) is 10.4 Å². The zero-order valence-corrected chi connectivity index (χ0v) is 14.3. The number of hydrogen-bond donors (Lipinski definition) is 1. The van der Waals surface area contributed by atoms with E-state index in [1.165, 1.54) is 4.90 Å². The largest absolute Gasteiger partial charge is 0.444 e. The van der Waals surface area contributed by atoms with Gasteiger partial charge in [0, 0.05) is 19.3 Å². The Kier molecular flexibility index (Phi) is 5.28. The molecule has 7 heteroatoms. The zero-order chi connectivity index (χ0) is 17.0. The molecule has 0 aliphatic carbocycles. The molecule has 128 valence electrons. The Balaban J connectivity index is 2.04. The molecule has 1 N–H and O–H groups in total. The number of ether oxygens (including phenoxy) is 1. The van der Waals surface area contributed by atoms with Crippen LogP contribution in [0.1, 0.15) is 47.0 Å². The normalized spacial score (nSPS) is 18.6. The van der Waals surface area contributed by atoms with E-state index in [-0.39, 0.29) is 5.91 Å². The lowest BCUT2D eigenvalue weighted by molar-refractivity contribution is -0.122. The second-order valence-electron chi connectivity index (χ2n) is 6.76. The molecule has 1 saturated heterocycles. The van der Waals surface area contributed by atoms with Crippen LogP contribution in [0.5, 0.6) is 0 Å². The summed E-state index contributed by atoms with van der Waals surface area (Å²) in [5, 5.41) is 6.97. The molecule has 2 amide bonds. The van der Waals surface area contributed by atoms with Crippen LogP contribution in [-0.4, -0.2) is 44.9 Å². The summed E-state index contributed by atoms with van der Waals surface area (Å²) in [7, 11) is 0. The Labute approximate surface area is 137 Å². The Morgan fingerprint density at radius 3 is 2.74 bits per heavy atom. The lowest BCUT2D eigenvalue weighted by Crippen LogP contribution is -2.51. The van der Waals surface area contributed by atoms with Crippen molar-refractivity contribution in [2.75, 3.05) is 11.9 Å². The molecule has 1 atom stereocenters. The van der Waals surface area contributed by atoms with E-state index in [9.17, 15) is 9.59 Å². The highest BCUT2D eigenvalue weighted by molar-refractivity contribution is 5.96. The lowest BCUT2D eigenvalue weighted by atomic mass is 10.0. The van der Waals surface area contributed by atoms with Gasteiger partial charge < -0.3 is 10.1 Å². The SMILES string of the molecule is CCn1cc(NC(=O)[C@@H]2CCCCN2C(=O)OC(C)(C)C)cn1. The van der Waals surface area contributed by atoms with E-state index in [0.29, 0.717) is 18.7 Å². The first kappa shape index (κ1) is 17.3. The second kappa shape index (κ2) is 7.02. The zero-order valence-electron chi connectivity index (χ0n) is 14.3. The predicted molar refractivity (Wildman–Crippen MR) is 87.1 cm³/mol. The van der Waals surface area contributed by atoms with Crippen molar-refractivity contribution in [2.45, 2.75) is 65.1 Å². The maximum atomic E-state index is 12.5. The Morgan fingerprint density at radius 2 is 2.13 bits per heavy atom. The van der Waals surface area contributed by atoms with Gasteiger partial charge in [-0.2, -0.15) is 5.10 Å². The number of carbonyl (C=O) groups excluding carboxylic acids is 2. The van der Waals surface area contributed by atoms with Crippen molar-refractivity contribution < 1.29 is 14.3 Å². The van der Waals surface area contributed by atoms with Gasteiger partial charge in [-0.15, -0.1) is 0 Å². The molecular weight excluding hydrogens is 296 g/mol. The highest BCUT2D eigenvalue weighted by atomic mass is 16.6. The molecule has 0 saturated carbocycles. The maximum Gasteiger partial charge on any atom is 0.410 e. The fourth-order valence-corrected chi connectivity index (χ4v) is 2.57. The molecule has 1 aliphatic rings. The van der Waals surface area contributed by atoms with E-state index in [4.69, 9.17) is 4.74 Å². The van der Waals surface area contributed by atoms with Crippen LogP contribution in [0, 0.1) is 0 Å². The lowest BCUT2D eigenvalue weighted by Gasteiger charge is -2.35. The van der Waals surface area contributed by atoms with Gasteiger partial charge in [0.15, 0.2) is 0 Å². The topological polar surface area (TPSA) is 76.5 Å². The van der Waals surface area contributed by atoms with Crippen molar-refractivity contribution >= 4 is 17.7 Å². The molecule has 2 heterocycles. The highest BCUT2D eigenvalue weighted by Gasteiger charge is 2.34. The number of nitrogens with zero attached hydrogens (tertiary/aromatic N) is 3. The Morgan fingerprint density at radius 1 is 1.39 bits per heavy atom. The first-order valence-electron chi connectivity index (χ1n) is 8.13. The number of aryl methyl sites for hydroxylation is 1. The van der Waals surface area contributed by atoms with Crippen molar-refractivity contribution in [1.29, 1.82) is 0 Å². The van der Waals surface area contributed by atoms with Crippen LogP contribution in [0.15, 0.2) is 12.4 Å². The van der Waals surface area contributed by atoms with Gasteiger partial charge in [-0.1, -0.05) is 0 Å². The van der Waals surface area contributed by atoms with Crippen molar-refractivity contribution in [1.82, 2.24) is 14.7 Å². The number of carbonyl (C=O) groups is 2. The molecule has 0 spiro atoms. The number of nitrogens with one attached hydrogen (secondary N) is 1. The van der Waals surface area contributed by atoms with Crippen molar-refractivity contribution in [3.05, 3.63) is 12.4 Å². The van der Waals surface area contributed by atoms with E-state index < -0.39 is 17.7 Å². The third kappa shape index (κ3) is 4.71. The molecule has 0 radical (unpaired) electrons. The first-order chi connectivity index (χ1) is 10.8. The smallest absolute Gasteiger partial charge is 0.410 e. The standard InChI is InChI=1S/C16H26N4O3/c1-5-19-11-12(10-17-19)18-14(21)13-8-6-7-9-20(13)15(22)23-16(2,3)4/h10-11,13H,5-9H2,1-4H3,(H,18,21)/t13-/m0/s1. The van der Waals surface area contributed by atoms with Gasteiger partial charge in [-0.05, 0) is 47.0 Å². The summed E-state index contributed by atoms with van der Waals surface area (Å²) in [5.41, 5.74) is 0.0734. The van der Waals surface area contributed by atoms with Crippen LogP contribution in [-0.2, 0) is 16.1 Å². The summed E-state index contributed by atoms with van der Waals surface area (Å²) in [4.78, 5) is 26.4. The molecule has 2 rings (SSSR count). The summed E-state index contributed by atoms with van der Waals surface area (Å²) >= 11 is 0. The minimum Gasteiger partial charge on any atom is -0.444 e. The fraction of sp³-hybridized carbons (Fsp3) is 0.688. The number of amides is 2. The molecule has 0 aromatic carbocycles. The van der Waals surface area contributed by atoms with Crippen molar-refractivity contribution in [3.8, 4) is 0 Å². The van der Waals surface area contributed by atoms with Crippen molar-refractivity contribution in [3.63, 3.8) is 0 Å². The van der Waals surface area contributed by atoms with E-state index >= 15 is 0 Å². The molecule has 0 bridgehead atoms. The van der Waals surface area contributed by atoms with E-state index in [1.807, 2.05) is 27.7 Å². The molecule has 1 aromatic heterocycles. The van der Waals surface area contributed by atoms with Crippen LogP contribution < -0.4 is 5.32 Å². The van der Waals surface area contributed by atoms with E-state index in [1.54, 1.807) is 17.1 Å². The van der Waals surface area contributed by atoms with Crippen LogP contribution in [0.3, 0.4) is 0 Å². The first-order valence-corrected chi connectivity index (χ1v) is 8.13. The van der Waals surface area contributed by atoms with Crippen molar-refractivity contribution in [2.24, 2.45) is 0 Å².